The number of carbonyl (C=O) groups excluding carboxylic acids is 1. The fraction of sp³-hybridized carbons (Fsp3) is 0.154. The number of nitrogens with one attached hydrogen (secondary N) is 1. The Kier molecular flexibility index (Phi) is 7.53. The van der Waals surface area contributed by atoms with Gasteiger partial charge in [0.05, 0.1) is 30.7 Å². The van der Waals surface area contributed by atoms with E-state index in [2.05, 4.69) is 10.4 Å². The summed E-state index contributed by atoms with van der Waals surface area (Å²) >= 11 is 5.91. The maximum absolute atomic E-state index is 13.8. The van der Waals surface area contributed by atoms with E-state index in [9.17, 15) is 18.0 Å². The molecule has 5 nitrogen and oxygen atoms in total. The number of benzene rings is 3. The number of halogens is 4. The molecule has 0 spiro atoms. The zero-order valence-corrected chi connectivity index (χ0v) is 19.2. The van der Waals surface area contributed by atoms with E-state index in [0.717, 1.165) is 22.9 Å². The molecule has 0 saturated heterocycles. The van der Waals surface area contributed by atoms with Gasteiger partial charge in [-0.15, -0.1) is 0 Å². The summed E-state index contributed by atoms with van der Waals surface area (Å²) < 4.78 is 47.8. The molecule has 180 valence electrons. The van der Waals surface area contributed by atoms with E-state index in [-0.39, 0.29) is 17.3 Å². The summed E-state index contributed by atoms with van der Waals surface area (Å²) in [5, 5.41) is 6.59. The van der Waals surface area contributed by atoms with E-state index in [4.69, 9.17) is 16.3 Å². The van der Waals surface area contributed by atoms with E-state index in [1.54, 1.807) is 12.1 Å². The van der Waals surface area contributed by atoms with Crippen LogP contribution in [-0.4, -0.2) is 15.7 Å². The van der Waals surface area contributed by atoms with Gasteiger partial charge in [-0.2, -0.15) is 18.3 Å². The number of aromatic nitrogens is 2. The second-order valence-electron chi connectivity index (χ2n) is 7.77. The van der Waals surface area contributed by atoms with Crippen molar-refractivity contribution in [1.29, 1.82) is 0 Å². The summed E-state index contributed by atoms with van der Waals surface area (Å²) in [6, 6.07) is 22.9. The van der Waals surface area contributed by atoms with Gasteiger partial charge in [-0.1, -0.05) is 72.3 Å². The molecule has 1 heterocycles. The molecule has 0 bridgehead atoms. The van der Waals surface area contributed by atoms with Crippen LogP contribution in [0, 0.1) is 0 Å². The SMILES string of the molecule is O=C(NCc1ccc(COCc2ccccc2)cc1)c1cnn(-c2cccc(Cl)c2)c1C(F)(F)F. The highest BCUT2D eigenvalue weighted by Crippen LogP contribution is 2.34. The molecule has 4 aromatic rings. The van der Waals surface area contributed by atoms with Crippen LogP contribution in [0.15, 0.2) is 85.1 Å². The highest BCUT2D eigenvalue weighted by Gasteiger charge is 2.40. The number of nitrogens with zero attached hydrogens (tertiary/aromatic N) is 2. The number of hydrogen-bond donors (Lipinski definition) is 1. The summed E-state index contributed by atoms with van der Waals surface area (Å²) in [7, 11) is 0. The van der Waals surface area contributed by atoms with Gasteiger partial charge in [0.1, 0.15) is 0 Å². The lowest BCUT2D eigenvalue weighted by atomic mass is 10.1. The predicted octanol–water partition coefficient (Wildman–Crippen LogP) is 6.19. The van der Waals surface area contributed by atoms with Crippen LogP contribution in [0.25, 0.3) is 5.69 Å². The Balaban J connectivity index is 1.39. The van der Waals surface area contributed by atoms with Crippen LogP contribution in [0.4, 0.5) is 13.2 Å². The average molecular weight is 500 g/mol. The Morgan fingerprint density at radius 3 is 2.23 bits per heavy atom. The molecule has 0 saturated carbocycles. The van der Waals surface area contributed by atoms with E-state index in [1.807, 2.05) is 42.5 Å². The molecule has 3 aromatic carbocycles. The zero-order valence-electron chi connectivity index (χ0n) is 18.4. The van der Waals surface area contributed by atoms with Crippen molar-refractivity contribution < 1.29 is 22.7 Å². The number of alkyl halides is 3. The molecule has 0 unspecified atom stereocenters. The maximum Gasteiger partial charge on any atom is 0.434 e. The van der Waals surface area contributed by atoms with Crippen LogP contribution in [0.5, 0.6) is 0 Å². The first kappa shape index (κ1) is 24.5. The summed E-state index contributed by atoms with van der Waals surface area (Å²) in [4.78, 5) is 12.6. The monoisotopic (exact) mass is 499 g/mol. The Hall–Kier alpha value is -3.62. The average Bonchev–Trinajstić information content (AvgIpc) is 3.30. The number of rotatable bonds is 8. The molecule has 0 aliphatic rings. The molecule has 1 N–H and O–H groups in total. The number of hydrogen-bond acceptors (Lipinski definition) is 3. The van der Waals surface area contributed by atoms with Gasteiger partial charge in [0.15, 0.2) is 5.69 Å². The van der Waals surface area contributed by atoms with E-state index >= 15 is 0 Å². The summed E-state index contributed by atoms with van der Waals surface area (Å²) in [5.74, 6) is -0.874. The molecule has 0 radical (unpaired) electrons. The Morgan fingerprint density at radius 2 is 1.57 bits per heavy atom. The molecular weight excluding hydrogens is 479 g/mol. The largest absolute Gasteiger partial charge is 0.434 e. The highest BCUT2D eigenvalue weighted by molar-refractivity contribution is 6.30. The van der Waals surface area contributed by atoms with Gasteiger partial charge < -0.3 is 10.1 Å². The molecule has 9 heteroatoms. The van der Waals surface area contributed by atoms with Crippen molar-refractivity contribution in [3.63, 3.8) is 0 Å². The quantitative estimate of drug-likeness (QED) is 0.314. The van der Waals surface area contributed by atoms with Gasteiger partial charge >= 0.3 is 6.18 Å². The van der Waals surface area contributed by atoms with Gasteiger partial charge in [-0.3, -0.25) is 4.79 Å². The Bertz CT molecular complexity index is 1290. The number of carbonyl (C=O) groups is 1. The molecule has 0 fully saturated rings. The number of amides is 1. The molecule has 1 aromatic heterocycles. The minimum atomic E-state index is -4.80. The third-order valence-electron chi connectivity index (χ3n) is 5.19. The van der Waals surface area contributed by atoms with Gasteiger partial charge in [-0.25, -0.2) is 4.68 Å². The first-order valence-corrected chi connectivity index (χ1v) is 11.1. The van der Waals surface area contributed by atoms with E-state index in [1.165, 1.54) is 24.3 Å². The van der Waals surface area contributed by atoms with Crippen LogP contribution < -0.4 is 5.32 Å². The van der Waals surface area contributed by atoms with Crippen LogP contribution >= 0.6 is 11.6 Å². The topological polar surface area (TPSA) is 56.1 Å². The molecule has 0 atom stereocenters. The van der Waals surface area contributed by atoms with Crippen molar-refractivity contribution >= 4 is 17.5 Å². The molecular formula is C26H21ClF3N3O2. The fourth-order valence-electron chi connectivity index (χ4n) is 3.48. The van der Waals surface area contributed by atoms with Crippen molar-refractivity contribution in [1.82, 2.24) is 15.1 Å². The second-order valence-corrected chi connectivity index (χ2v) is 8.21. The van der Waals surface area contributed by atoms with E-state index in [0.29, 0.717) is 17.9 Å². The van der Waals surface area contributed by atoms with E-state index < -0.39 is 23.3 Å². The normalized spacial score (nSPS) is 11.4. The smallest absolute Gasteiger partial charge is 0.372 e. The Morgan fingerprint density at radius 1 is 0.914 bits per heavy atom. The Labute approximate surface area is 205 Å². The lowest BCUT2D eigenvalue weighted by Gasteiger charge is -2.13. The number of ether oxygens (including phenoxy) is 1. The van der Waals surface area contributed by atoms with Gasteiger partial charge in [0, 0.05) is 11.6 Å². The third kappa shape index (κ3) is 6.29. The minimum Gasteiger partial charge on any atom is -0.372 e. The van der Waals surface area contributed by atoms with Crippen molar-refractivity contribution in [3.05, 3.63) is 118 Å². The third-order valence-corrected chi connectivity index (χ3v) is 5.43. The van der Waals surface area contributed by atoms with Gasteiger partial charge in [-0.05, 0) is 34.9 Å². The fourth-order valence-corrected chi connectivity index (χ4v) is 3.67. The maximum atomic E-state index is 13.8. The standard InChI is InChI=1S/C26H21ClF3N3O2/c27-21-7-4-8-22(13-21)33-24(26(28,29)30)23(15-32-33)25(34)31-14-18-9-11-20(12-10-18)17-35-16-19-5-2-1-3-6-19/h1-13,15H,14,16-17H2,(H,31,34). The molecule has 0 aliphatic carbocycles. The lowest BCUT2D eigenvalue weighted by Crippen LogP contribution is -2.26. The van der Waals surface area contributed by atoms with Crippen LogP contribution in [0.2, 0.25) is 5.02 Å². The molecule has 0 aliphatic heterocycles. The van der Waals surface area contributed by atoms with Gasteiger partial charge in [0.25, 0.3) is 5.91 Å². The van der Waals surface area contributed by atoms with Crippen molar-refractivity contribution in [2.24, 2.45) is 0 Å². The zero-order chi connectivity index (χ0) is 24.8. The first-order valence-electron chi connectivity index (χ1n) is 10.7. The van der Waals surface area contributed by atoms with Crippen molar-refractivity contribution in [2.45, 2.75) is 25.9 Å². The first-order chi connectivity index (χ1) is 16.8. The van der Waals surface area contributed by atoms with Crippen molar-refractivity contribution in [2.75, 3.05) is 0 Å². The second kappa shape index (κ2) is 10.8. The molecule has 1 amide bonds. The van der Waals surface area contributed by atoms with Crippen LogP contribution in [0.1, 0.15) is 32.7 Å². The summed E-state index contributed by atoms with van der Waals surface area (Å²) in [6.07, 6.45) is -3.89. The molecule has 4 rings (SSSR count). The highest BCUT2D eigenvalue weighted by atomic mass is 35.5. The van der Waals surface area contributed by atoms with Crippen LogP contribution in [-0.2, 0) is 30.7 Å². The summed E-state index contributed by atoms with van der Waals surface area (Å²) in [6.45, 7) is 0.964. The van der Waals surface area contributed by atoms with Crippen LogP contribution in [0.3, 0.4) is 0 Å². The molecule has 35 heavy (non-hydrogen) atoms. The summed E-state index contributed by atoms with van der Waals surface area (Å²) in [5.41, 5.74) is 1.13. The van der Waals surface area contributed by atoms with Gasteiger partial charge in [0.2, 0.25) is 0 Å². The predicted molar refractivity (Wildman–Crippen MR) is 126 cm³/mol. The lowest BCUT2D eigenvalue weighted by molar-refractivity contribution is -0.143. The van der Waals surface area contributed by atoms with Crippen molar-refractivity contribution in [3.8, 4) is 5.69 Å². The minimum absolute atomic E-state index is 0.0592.